The van der Waals surface area contributed by atoms with Crippen LogP contribution < -0.4 is 5.43 Å². The van der Waals surface area contributed by atoms with Gasteiger partial charge in [-0.25, -0.2) is 10.2 Å². The van der Waals surface area contributed by atoms with Crippen molar-refractivity contribution in [1.29, 1.82) is 0 Å². The van der Waals surface area contributed by atoms with Crippen molar-refractivity contribution in [2.75, 3.05) is 13.1 Å². The van der Waals surface area contributed by atoms with E-state index in [0.29, 0.717) is 11.1 Å². The number of benzene rings is 3. The maximum atomic E-state index is 12.4. The molecule has 0 aromatic heterocycles. The first-order valence-electron chi connectivity index (χ1n) is 11.6. The molecule has 174 valence electrons. The Labute approximate surface area is 199 Å². The Morgan fingerprint density at radius 1 is 0.912 bits per heavy atom. The Kier molecular flexibility index (Phi) is 7.83. The van der Waals surface area contributed by atoms with Gasteiger partial charge >= 0.3 is 5.97 Å². The van der Waals surface area contributed by atoms with E-state index in [1.54, 1.807) is 30.3 Å². The number of hydrogen-bond acceptors (Lipinski definition) is 4. The number of aromatic carboxylic acids is 1. The zero-order valence-electron chi connectivity index (χ0n) is 19.1. The maximum Gasteiger partial charge on any atom is 0.336 e. The molecule has 1 amide bonds. The molecule has 1 saturated heterocycles. The van der Waals surface area contributed by atoms with Gasteiger partial charge in [0.2, 0.25) is 0 Å². The highest BCUT2D eigenvalue weighted by molar-refractivity contribution is 5.99. The molecule has 0 atom stereocenters. The lowest BCUT2D eigenvalue weighted by Crippen LogP contribution is -2.33. The zero-order chi connectivity index (χ0) is 23.8. The van der Waals surface area contributed by atoms with Crippen molar-refractivity contribution in [2.24, 2.45) is 11.0 Å². The van der Waals surface area contributed by atoms with Gasteiger partial charge in [0.15, 0.2) is 0 Å². The van der Waals surface area contributed by atoms with Crippen molar-refractivity contribution in [3.8, 4) is 0 Å². The van der Waals surface area contributed by atoms with Crippen molar-refractivity contribution < 1.29 is 14.7 Å². The number of piperidine rings is 1. The first-order chi connectivity index (χ1) is 16.6. The van der Waals surface area contributed by atoms with Gasteiger partial charge in [-0.3, -0.25) is 9.69 Å². The van der Waals surface area contributed by atoms with Gasteiger partial charge in [0, 0.05) is 17.7 Å². The largest absolute Gasteiger partial charge is 0.478 e. The van der Waals surface area contributed by atoms with Gasteiger partial charge < -0.3 is 5.11 Å². The lowest BCUT2D eigenvalue weighted by molar-refractivity contribution is 0.0696. The van der Waals surface area contributed by atoms with E-state index < -0.39 is 5.97 Å². The van der Waals surface area contributed by atoms with Gasteiger partial charge in [-0.1, -0.05) is 60.7 Å². The first-order valence-corrected chi connectivity index (χ1v) is 11.6. The molecule has 0 saturated carbocycles. The molecule has 2 N–H and O–H groups in total. The molecule has 3 aromatic carbocycles. The van der Waals surface area contributed by atoms with Gasteiger partial charge in [0.25, 0.3) is 5.91 Å². The third-order valence-electron chi connectivity index (χ3n) is 6.26. The highest BCUT2D eigenvalue weighted by Crippen LogP contribution is 2.23. The second-order valence-electron chi connectivity index (χ2n) is 8.70. The molecule has 0 unspecified atom stereocenters. The van der Waals surface area contributed by atoms with Crippen LogP contribution in [0.1, 0.15) is 50.2 Å². The molecule has 0 bridgehead atoms. The fourth-order valence-electron chi connectivity index (χ4n) is 4.35. The normalized spacial score (nSPS) is 14.8. The van der Waals surface area contributed by atoms with E-state index in [0.717, 1.165) is 32.0 Å². The molecule has 4 rings (SSSR count). The maximum absolute atomic E-state index is 12.4. The van der Waals surface area contributed by atoms with Crippen molar-refractivity contribution >= 4 is 18.1 Å². The summed E-state index contributed by atoms with van der Waals surface area (Å²) in [5.41, 5.74) is 6.14. The van der Waals surface area contributed by atoms with E-state index in [4.69, 9.17) is 0 Å². The van der Waals surface area contributed by atoms with Crippen molar-refractivity contribution in [2.45, 2.75) is 25.8 Å². The monoisotopic (exact) mass is 455 g/mol. The molecular formula is C28H29N3O3. The minimum absolute atomic E-state index is 0.133. The molecule has 0 radical (unpaired) electrons. The van der Waals surface area contributed by atoms with Crippen LogP contribution in [-0.4, -0.2) is 41.2 Å². The van der Waals surface area contributed by atoms with Crippen LogP contribution in [0, 0.1) is 5.92 Å². The van der Waals surface area contributed by atoms with Crippen LogP contribution in [0.25, 0.3) is 0 Å². The van der Waals surface area contributed by atoms with E-state index in [-0.39, 0.29) is 11.5 Å². The van der Waals surface area contributed by atoms with E-state index in [1.165, 1.54) is 36.2 Å². The Morgan fingerprint density at radius 2 is 1.59 bits per heavy atom. The Hall–Kier alpha value is -3.77. The van der Waals surface area contributed by atoms with Crippen LogP contribution in [-0.2, 0) is 13.0 Å². The highest BCUT2D eigenvalue weighted by atomic mass is 16.4. The number of carboxylic acid groups (broad SMARTS) is 1. The molecule has 1 aliphatic rings. The minimum atomic E-state index is -1.04. The van der Waals surface area contributed by atoms with Gasteiger partial charge in [0.1, 0.15) is 0 Å². The molecule has 6 heteroatoms. The predicted molar refractivity (Wildman–Crippen MR) is 133 cm³/mol. The number of rotatable bonds is 8. The van der Waals surface area contributed by atoms with E-state index in [9.17, 15) is 14.7 Å². The summed E-state index contributed by atoms with van der Waals surface area (Å²) >= 11 is 0. The molecule has 34 heavy (non-hydrogen) atoms. The molecule has 1 aliphatic heterocycles. The molecule has 0 spiro atoms. The summed E-state index contributed by atoms with van der Waals surface area (Å²) in [6.45, 7) is 3.06. The summed E-state index contributed by atoms with van der Waals surface area (Å²) < 4.78 is 0. The third kappa shape index (κ3) is 6.39. The van der Waals surface area contributed by atoms with Gasteiger partial charge in [-0.15, -0.1) is 0 Å². The Morgan fingerprint density at radius 3 is 2.29 bits per heavy atom. The van der Waals surface area contributed by atoms with E-state index in [1.807, 2.05) is 12.1 Å². The van der Waals surface area contributed by atoms with E-state index >= 15 is 0 Å². The summed E-state index contributed by atoms with van der Waals surface area (Å²) in [6.07, 6.45) is 4.91. The van der Waals surface area contributed by atoms with Crippen molar-refractivity contribution in [3.63, 3.8) is 0 Å². The Balaban J connectivity index is 1.25. The lowest BCUT2D eigenvalue weighted by Gasteiger charge is -2.32. The molecule has 0 aliphatic carbocycles. The van der Waals surface area contributed by atoms with Crippen LogP contribution in [0.2, 0.25) is 0 Å². The van der Waals surface area contributed by atoms with Crippen LogP contribution in [0.15, 0.2) is 84.0 Å². The summed E-state index contributed by atoms with van der Waals surface area (Å²) in [6, 6.07) is 24.8. The number of hydrazone groups is 1. The summed E-state index contributed by atoms with van der Waals surface area (Å²) in [4.78, 5) is 26.1. The Bertz CT molecular complexity index is 1140. The zero-order valence-corrected chi connectivity index (χ0v) is 19.1. The molecular weight excluding hydrogens is 426 g/mol. The molecule has 6 nitrogen and oxygen atoms in total. The fraction of sp³-hybridized carbons (Fsp3) is 0.250. The van der Waals surface area contributed by atoms with Crippen LogP contribution >= 0.6 is 0 Å². The van der Waals surface area contributed by atoms with Gasteiger partial charge in [-0.2, -0.15) is 5.10 Å². The SMILES string of the molecule is O=C(N/N=C\c1ccccc1C(=O)O)c1ccc(CN2CCC(Cc3ccccc3)CC2)cc1. The van der Waals surface area contributed by atoms with E-state index in [2.05, 4.69) is 45.8 Å². The van der Waals surface area contributed by atoms with Crippen molar-refractivity contribution in [1.82, 2.24) is 10.3 Å². The molecule has 1 fully saturated rings. The van der Waals surface area contributed by atoms with Crippen molar-refractivity contribution in [3.05, 3.63) is 107 Å². The van der Waals surface area contributed by atoms with Crippen LogP contribution in [0.4, 0.5) is 0 Å². The second kappa shape index (κ2) is 11.4. The number of carbonyl (C=O) groups excluding carboxylic acids is 1. The molecule has 1 heterocycles. The number of carbonyl (C=O) groups is 2. The number of amides is 1. The average Bonchev–Trinajstić information content (AvgIpc) is 2.86. The summed E-state index contributed by atoms with van der Waals surface area (Å²) in [5.74, 6) is -0.630. The number of nitrogens with zero attached hydrogens (tertiary/aromatic N) is 2. The number of nitrogens with one attached hydrogen (secondary N) is 1. The minimum Gasteiger partial charge on any atom is -0.478 e. The number of likely N-dealkylation sites (tertiary alicyclic amines) is 1. The van der Waals surface area contributed by atoms with Gasteiger partial charge in [-0.05, 0) is 67.6 Å². The lowest BCUT2D eigenvalue weighted by atomic mass is 9.90. The van der Waals surface area contributed by atoms with Crippen LogP contribution in [0.5, 0.6) is 0 Å². The van der Waals surface area contributed by atoms with Crippen LogP contribution in [0.3, 0.4) is 0 Å². The predicted octanol–water partition coefficient (Wildman–Crippen LogP) is 4.60. The smallest absolute Gasteiger partial charge is 0.336 e. The second-order valence-corrected chi connectivity index (χ2v) is 8.70. The molecule has 3 aromatic rings. The standard InChI is InChI=1S/C28H29N3O3/c32-27(30-29-19-25-8-4-5-9-26(25)28(33)34)24-12-10-23(11-13-24)20-31-16-14-22(15-17-31)18-21-6-2-1-3-7-21/h1-13,19,22H,14-18,20H2,(H,30,32)(H,33,34)/b29-19-. The number of carboxylic acids is 1. The summed E-state index contributed by atoms with van der Waals surface area (Å²) in [7, 11) is 0. The fourth-order valence-corrected chi connectivity index (χ4v) is 4.35. The third-order valence-corrected chi connectivity index (χ3v) is 6.26. The average molecular weight is 456 g/mol. The number of hydrogen-bond donors (Lipinski definition) is 2. The highest BCUT2D eigenvalue weighted by Gasteiger charge is 2.19. The van der Waals surface area contributed by atoms with Gasteiger partial charge in [0.05, 0.1) is 11.8 Å². The first kappa shape index (κ1) is 23.4. The summed E-state index contributed by atoms with van der Waals surface area (Å²) in [5, 5.41) is 13.1. The topological polar surface area (TPSA) is 82.0 Å². The quantitative estimate of drug-likeness (QED) is 0.384.